The molecule has 1 N–H and O–H groups in total. The van der Waals surface area contributed by atoms with E-state index in [2.05, 4.69) is 25.2 Å². The van der Waals surface area contributed by atoms with Crippen LogP contribution in [0.3, 0.4) is 0 Å². The first-order chi connectivity index (χ1) is 10.5. The van der Waals surface area contributed by atoms with Gasteiger partial charge in [-0.25, -0.2) is 0 Å². The molecule has 1 unspecified atom stereocenters. The van der Waals surface area contributed by atoms with Crippen LogP contribution in [0.4, 0.5) is 5.69 Å². The van der Waals surface area contributed by atoms with Crippen molar-refractivity contribution in [2.24, 2.45) is 0 Å². The molecule has 0 saturated heterocycles. The van der Waals surface area contributed by atoms with E-state index >= 15 is 0 Å². The van der Waals surface area contributed by atoms with Crippen LogP contribution in [-0.2, 0) is 10.5 Å². The van der Waals surface area contributed by atoms with Crippen LogP contribution >= 0.6 is 11.8 Å². The summed E-state index contributed by atoms with van der Waals surface area (Å²) in [6.45, 7) is 8.23. The van der Waals surface area contributed by atoms with Crippen LogP contribution in [0.2, 0.25) is 0 Å². The zero-order valence-electron chi connectivity index (χ0n) is 13.6. The molecular weight excluding hydrogens is 294 g/mol. The van der Waals surface area contributed by atoms with Gasteiger partial charge in [0, 0.05) is 5.69 Å². The summed E-state index contributed by atoms with van der Waals surface area (Å²) in [5, 5.41) is 2.97. The summed E-state index contributed by atoms with van der Waals surface area (Å²) in [6, 6.07) is 9.93. The molecule has 2 rings (SSSR count). The molecule has 118 valence electrons. The molecule has 0 bridgehead atoms. The molecule has 0 spiro atoms. The maximum atomic E-state index is 12.4. The summed E-state index contributed by atoms with van der Waals surface area (Å²) in [6.07, 6.45) is 1.66. The van der Waals surface area contributed by atoms with Gasteiger partial charge in [0.1, 0.15) is 5.76 Å². The molecular formula is C18H23NO2S. The van der Waals surface area contributed by atoms with E-state index in [4.69, 9.17) is 4.42 Å². The number of carbonyl (C=O) groups is 1. The fourth-order valence-corrected chi connectivity index (χ4v) is 3.03. The summed E-state index contributed by atoms with van der Waals surface area (Å²) in [5.74, 6) is 2.00. The van der Waals surface area contributed by atoms with Crippen LogP contribution in [-0.4, -0.2) is 11.2 Å². The molecule has 1 heterocycles. The molecule has 2 aromatic rings. The van der Waals surface area contributed by atoms with E-state index in [1.165, 1.54) is 5.56 Å². The number of hydrogen-bond acceptors (Lipinski definition) is 3. The van der Waals surface area contributed by atoms with Gasteiger partial charge in [-0.1, -0.05) is 32.0 Å². The lowest BCUT2D eigenvalue weighted by Gasteiger charge is -2.18. The Morgan fingerprint density at radius 2 is 2.00 bits per heavy atom. The summed E-state index contributed by atoms with van der Waals surface area (Å²) < 4.78 is 5.30. The van der Waals surface area contributed by atoms with Crippen LogP contribution in [0, 0.1) is 6.92 Å². The van der Waals surface area contributed by atoms with Crippen molar-refractivity contribution in [3.63, 3.8) is 0 Å². The third kappa shape index (κ3) is 4.17. The Balaban J connectivity index is 2.02. The monoisotopic (exact) mass is 317 g/mol. The van der Waals surface area contributed by atoms with E-state index < -0.39 is 0 Å². The quantitative estimate of drug-likeness (QED) is 0.817. The molecule has 0 aliphatic rings. The molecule has 0 aliphatic carbocycles. The Kier molecular flexibility index (Phi) is 5.72. The zero-order chi connectivity index (χ0) is 16.1. The number of carbonyl (C=O) groups excluding carboxylic acids is 1. The van der Waals surface area contributed by atoms with Gasteiger partial charge in [-0.3, -0.25) is 4.79 Å². The lowest BCUT2D eigenvalue weighted by Crippen LogP contribution is -2.24. The summed E-state index contributed by atoms with van der Waals surface area (Å²) >= 11 is 1.58. The molecule has 1 aromatic heterocycles. The fraction of sp³-hybridized carbons (Fsp3) is 0.389. The Morgan fingerprint density at radius 3 is 2.64 bits per heavy atom. The molecule has 3 nitrogen and oxygen atoms in total. The lowest BCUT2D eigenvalue weighted by atomic mass is 9.98. The van der Waals surface area contributed by atoms with E-state index in [9.17, 15) is 4.79 Å². The van der Waals surface area contributed by atoms with Gasteiger partial charge in [0.25, 0.3) is 0 Å². The zero-order valence-corrected chi connectivity index (χ0v) is 14.4. The Labute approximate surface area is 136 Å². The van der Waals surface area contributed by atoms with Crippen molar-refractivity contribution < 1.29 is 9.21 Å². The Hall–Kier alpha value is -1.68. The van der Waals surface area contributed by atoms with Crippen molar-refractivity contribution in [2.75, 3.05) is 5.32 Å². The minimum absolute atomic E-state index is 0.0350. The van der Waals surface area contributed by atoms with Crippen LogP contribution in [0.25, 0.3) is 0 Å². The van der Waals surface area contributed by atoms with E-state index in [1.54, 1.807) is 18.0 Å². The lowest BCUT2D eigenvalue weighted by molar-refractivity contribution is -0.115. The number of rotatable bonds is 6. The van der Waals surface area contributed by atoms with Crippen LogP contribution in [0.15, 0.2) is 41.0 Å². The highest BCUT2D eigenvalue weighted by atomic mass is 32.2. The van der Waals surface area contributed by atoms with Crippen molar-refractivity contribution in [3.8, 4) is 0 Å². The SMILES string of the molecule is Cc1cccc(C(C)C)c1NC(=O)C(C)SCc1ccco1. The fourth-order valence-electron chi connectivity index (χ4n) is 2.24. The molecule has 0 saturated carbocycles. The number of amides is 1. The van der Waals surface area contributed by atoms with E-state index in [0.717, 1.165) is 17.0 Å². The van der Waals surface area contributed by atoms with Crippen molar-refractivity contribution in [1.82, 2.24) is 0 Å². The van der Waals surface area contributed by atoms with Gasteiger partial charge in [0.15, 0.2) is 0 Å². The molecule has 1 atom stereocenters. The molecule has 1 aromatic carbocycles. The highest BCUT2D eigenvalue weighted by molar-refractivity contribution is 7.99. The third-order valence-corrected chi connectivity index (χ3v) is 4.77. The Bertz CT molecular complexity index is 620. The predicted molar refractivity (Wildman–Crippen MR) is 93.4 cm³/mol. The normalized spacial score (nSPS) is 12.4. The predicted octanol–water partition coefficient (Wildman–Crippen LogP) is 4.97. The summed E-state index contributed by atoms with van der Waals surface area (Å²) in [4.78, 5) is 12.4. The van der Waals surface area contributed by atoms with Crippen molar-refractivity contribution in [3.05, 3.63) is 53.5 Å². The van der Waals surface area contributed by atoms with Crippen LogP contribution < -0.4 is 5.32 Å². The second-order valence-corrected chi connectivity index (χ2v) is 7.04. The van der Waals surface area contributed by atoms with Crippen LogP contribution in [0.5, 0.6) is 0 Å². The number of para-hydroxylation sites is 1. The summed E-state index contributed by atoms with van der Waals surface area (Å²) in [7, 11) is 0. The number of thioether (sulfide) groups is 1. The number of aryl methyl sites for hydroxylation is 1. The van der Waals surface area contributed by atoms with Gasteiger partial charge >= 0.3 is 0 Å². The number of hydrogen-bond donors (Lipinski definition) is 1. The van der Waals surface area contributed by atoms with Crippen molar-refractivity contribution in [2.45, 2.75) is 44.6 Å². The van der Waals surface area contributed by atoms with Gasteiger partial charge in [-0.2, -0.15) is 0 Å². The first-order valence-electron chi connectivity index (χ1n) is 7.53. The number of furan rings is 1. The van der Waals surface area contributed by atoms with Crippen molar-refractivity contribution >= 4 is 23.4 Å². The number of anilines is 1. The minimum Gasteiger partial charge on any atom is -0.468 e. The first-order valence-corrected chi connectivity index (χ1v) is 8.58. The Morgan fingerprint density at radius 1 is 1.23 bits per heavy atom. The van der Waals surface area contributed by atoms with Gasteiger partial charge in [0.2, 0.25) is 5.91 Å². The highest BCUT2D eigenvalue weighted by Gasteiger charge is 2.17. The van der Waals surface area contributed by atoms with E-state index in [-0.39, 0.29) is 11.2 Å². The number of benzene rings is 1. The second-order valence-electron chi connectivity index (χ2n) is 5.72. The average molecular weight is 317 g/mol. The maximum absolute atomic E-state index is 12.4. The average Bonchev–Trinajstić information content (AvgIpc) is 2.99. The van der Waals surface area contributed by atoms with Crippen LogP contribution in [0.1, 0.15) is 43.6 Å². The largest absolute Gasteiger partial charge is 0.468 e. The summed E-state index contributed by atoms with van der Waals surface area (Å²) in [5.41, 5.74) is 3.23. The highest BCUT2D eigenvalue weighted by Crippen LogP contribution is 2.28. The second kappa shape index (κ2) is 7.54. The molecule has 0 radical (unpaired) electrons. The van der Waals surface area contributed by atoms with Gasteiger partial charge < -0.3 is 9.73 Å². The molecule has 0 aliphatic heterocycles. The van der Waals surface area contributed by atoms with Gasteiger partial charge in [-0.15, -0.1) is 11.8 Å². The third-order valence-electron chi connectivity index (χ3n) is 3.60. The molecule has 22 heavy (non-hydrogen) atoms. The smallest absolute Gasteiger partial charge is 0.237 e. The topological polar surface area (TPSA) is 42.2 Å². The maximum Gasteiger partial charge on any atom is 0.237 e. The standard InChI is InChI=1S/C18H23NO2S/c1-12(2)16-9-5-7-13(3)17(16)19-18(20)14(4)22-11-15-8-6-10-21-15/h5-10,12,14H,11H2,1-4H3,(H,19,20). The number of nitrogens with one attached hydrogen (secondary N) is 1. The van der Waals surface area contributed by atoms with E-state index in [0.29, 0.717) is 11.7 Å². The molecule has 4 heteroatoms. The van der Waals surface area contributed by atoms with Gasteiger partial charge in [0.05, 0.1) is 17.3 Å². The molecule has 1 amide bonds. The first kappa shape index (κ1) is 16.7. The molecule has 0 fully saturated rings. The van der Waals surface area contributed by atoms with Crippen molar-refractivity contribution in [1.29, 1.82) is 0 Å². The minimum atomic E-state index is -0.135. The van der Waals surface area contributed by atoms with Gasteiger partial charge in [-0.05, 0) is 43.0 Å². The van der Waals surface area contributed by atoms with E-state index in [1.807, 2.05) is 38.1 Å².